The molecule has 4 aromatic rings. The van der Waals surface area contributed by atoms with E-state index in [9.17, 15) is 9.59 Å². The highest BCUT2D eigenvalue weighted by atomic mass is 16.5. The molecule has 0 aliphatic carbocycles. The fourth-order valence-electron chi connectivity index (χ4n) is 6.33. The third kappa shape index (κ3) is 7.73. The summed E-state index contributed by atoms with van der Waals surface area (Å²) in [5.74, 6) is 0.750. The molecule has 2 saturated heterocycles. The maximum absolute atomic E-state index is 13.1. The van der Waals surface area contributed by atoms with Crippen molar-refractivity contribution >= 4 is 17.6 Å². The molecule has 6 rings (SSSR count). The lowest BCUT2D eigenvalue weighted by molar-refractivity contribution is 0.0673. The molecule has 9 heteroatoms. The number of nitrogens with two attached hydrogens (primary N) is 1. The molecule has 2 aliphatic heterocycles. The molecule has 2 amide bonds. The first kappa shape index (κ1) is 31.3. The number of nitrogens with one attached hydrogen (secondary N) is 2. The number of aromatic nitrogens is 1. The number of carbonyl (C=O) groups is 2. The zero-order valence-electron chi connectivity index (χ0n) is 26.5. The van der Waals surface area contributed by atoms with Crippen LogP contribution in [0, 0.1) is 0 Å². The van der Waals surface area contributed by atoms with E-state index in [2.05, 4.69) is 58.6 Å². The molecule has 3 atom stereocenters. The highest BCUT2D eigenvalue weighted by Gasteiger charge is 2.26. The summed E-state index contributed by atoms with van der Waals surface area (Å²) in [5.41, 5.74) is 11.4. The molecule has 2 fully saturated rings. The van der Waals surface area contributed by atoms with E-state index in [0.717, 1.165) is 42.7 Å². The van der Waals surface area contributed by atoms with E-state index in [1.54, 1.807) is 6.20 Å². The van der Waals surface area contributed by atoms with Gasteiger partial charge >= 0.3 is 0 Å². The molecule has 0 saturated carbocycles. The Morgan fingerprint density at radius 3 is 2.30 bits per heavy atom. The number of amides is 2. The molecule has 3 heterocycles. The summed E-state index contributed by atoms with van der Waals surface area (Å²) < 4.78 is 6.05. The standard InChI is InChI=1S/C37H42N6O3/c1-25-20-43(21-26(2)40-25)37(45)31-14-12-29(13-15-31)32-18-34(35(38)39-19-32)46-24-28-8-10-30(11-9-28)36(44)41-33-16-17-42(23-33)22-27-6-4-3-5-7-27/h3-15,18-19,25-26,33,40H,16-17,20-24H2,1-2H3,(H2,38,39)(H,41,44). The lowest BCUT2D eigenvalue weighted by Gasteiger charge is -2.36. The number of ether oxygens (including phenoxy) is 1. The van der Waals surface area contributed by atoms with Gasteiger partial charge in [-0.25, -0.2) is 4.98 Å². The minimum Gasteiger partial charge on any atom is -0.485 e. The third-order valence-electron chi connectivity index (χ3n) is 8.66. The van der Waals surface area contributed by atoms with E-state index in [0.29, 0.717) is 35.8 Å². The van der Waals surface area contributed by atoms with Gasteiger partial charge in [-0.15, -0.1) is 0 Å². The molecule has 0 spiro atoms. The Bertz CT molecular complexity index is 1630. The van der Waals surface area contributed by atoms with Crippen LogP contribution >= 0.6 is 0 Å². The maximum atomic E-state index is 13.1. The average Bonchev–Trinajstić information content (AvgIpc) is 3.50. The van der Waals surface area contributed by atoms with Crippen molar-refractivity contribution in [3.63, 3.8) is 0 Å². The number of nitrogen functional groups attached to an aromatic ring is 1. The molecule has 9 nitrogen and oxygen atoms in total. The second-order valence-corrected chi connectivity index (χ2v) is 12.5. The molecule has 238 valence electrons. The van der Waals surface area contributed by atoms with Crippen molar-refractivity contribution in [3.05, 3.63) is 113 Å². The number of pyridine rings is 1. The summed E-state index contributed by atoms with van der Waals surface area (Å²) in [7, 11) is 0. The van der Waals surface area contributed by atoms with Crippen LogP contribution < -0.4 is 21.1 Å². The minimum absolute atomic E-state index is 0.0405. The Morgan fingerprint density at radius 2 is 1.59 bits per heavy atom. The number of likely N-dealkylation sites (tertiary alicyclic amines) is 1. The smallest absolute Gasteiger partial charge is 0.253 e. The molecule has 2 aliphatic rings. The van der Waals surface area contributed by atoms with E-state index in [4.69, 9.17) is 10.5 Å². The normalized spacial score (nSPS) is 20.0. The molecule has 0 radical (unpaired) electrons. The molecule has 3 unspecified atom stereocenters. The molecule has 3 aromatic carbocycles. The number of benzene rings is 3. The molecular weight excluding hydrogens is 576 g/mol. The first-order valence-corrected chi connectivity index (χ1v) is 16.0. The fraction of sp³-hybridized carbons (Fsp3) is 0.324. The van der Waals surface area contributed by atoms with Gasteiger partial charge in [0.2, 0.25) is 0 Å². The first-order chi connectivity index (χ1) is 22.3. The van der Waals surface area contributed by atoms with Crippen LogP contribution in [0.15, 0.2) is 91.1 Å². The van der Waals surface area contributed by atoms with Gasteiger partial charge in [0.25, 0.3) is 11.8 Å². The monoisotopic (exact) mass is 618 g/mol. The summed E-state index contributed by atoms with van der Waals surface area (Å²) in [5, 5.41) is 6.65. The number of piperazine rings is 1. The van der Waals surface area contributed by atoms with E-state index in [1.165, 1.54) is 5.56 Å². The zero-order chi connectivity index (χ0) is 32.0. The van der Waals surface area contributed by atoms with Gasteiger partial charge in [0, 0.05) is 73.7 Å². The lowest BCUT2D eigenvalue weighted by atomic mass is 10.0. The number of carbonyl (C=O) groups excluding carboxylic acids is 2. The summed E-state index contributed by atoms with van der Waals surface area (Å²) >= 11 is 0. The van der Waals surface area contributed by atoms with Crippen LogP contribution in [0.1, 0.15) is 52.1 Å². The SMILES string of the molecule is CC1CN(C(=O)c2ccc(-c3cnc(N)c(OCc4ccc(C(=O)NC5CCN(Cc6ccccc6)C5)cc4)c3)cc2)CC(C)N1. The summed E-state index contributed by atoms with van der Waals surface area (Å²) in [6.45, 7) is 8.57. The summed E-state index contributed by atoms with van der Waals surface area (Å²) in [6.07, 6.45) is 2.65. The number of nitrogens with zero attached hydrogens (tertiary/aromatic N) is 3. The number of hydrogen-bond acceptors (Lipinski definition) is 7. The third-order valence-corrected chi connectivity index (χ3v) is 8.66. The van der Waals surface area contributed by atoms with Crippen LogP contribution in [0.2, 0.25) is 0 Å². The van der Waals surface area contributed by atoms with Crippen LogP contribution in [0.25, 0.3) is 11.1 Å². The van der Waals surface area contributed by atoms with Gasteiger partial charge < -0.3 is 26.0 Å². The Labute approximate surface area is 270 Å². The van der Waals surface area contributed by atoms with E-state index in [-0.39, 0.29) is 36.5 Å². The van der Waals surface area contributed by atoms with E-state index >= 15 is 0 Å². The van der Waals surface area contributed by atoms with Gasteiger partial charge in [-0.1, -0.05) is 54.6 Å². The minimum atomic E-state index is -0.0649. The number of rotatable bonds is 9. The van der Waals surface area contributed by atoms with Crippen molar-refractivity contribution in [3.8, 4) is 16.9 Å². The van der Waals surface area contributed by atoms with Crippen molar-refractivity contribution in [2.75, 3.05) is 31.9 Å². The molecule has 46 heavy (non-hydrogen) atoms. The second-order valence-electron chi connectivity index (χ2n) is 12.5. The number of hydrogen-bond donors (Lipinski definition) is 3. The summed E-state index contributed by atoms with van der Waals surface area (Å²) in [4.78, 5) is 34.6. The van der Waals surface area contributed by atoms with Crippen LogP contribution in [0.5, 0.6) is 5.75 Å². The Kier molecular flexibility index (Phi) is 9.61. The van der Waals surface area contributed by atoms with Crippen molar-refractivity contribution in [2.45, 2.75) is 51.5 Å². The maximum Gasteiger partial charge on any atom is 0.253 e. The van der Waals surface area contributed by atoms with Crippen LogP contribution in [-0.4, -0.2) is 70.9 Å². The molecule has 1 aromatic heterocycles. The Morgan fingerprint density at radius 1 is 0.891 bits per heavy atom. The zero-order valence-corrected chi connectivity index (χ0v) is 26.5. The fourth-order valence-corrected chi connectivity index (χ4v) is 6.33. The largest absolute Gasteiger partial charge is 0.485 e. The lowest BCUT2D eigenvalue weighted by Crippen LogP contribution is -2.55. The highest BCUT2D eigenvalue weighted by Crippen LogP contribution is 2.28. The summed E-state index contributed by atoms with van der Waals surface area (Å²) in [6, 6.07) is 28.0. The highest BCUT2D eigenvalue weighted by molar-refractivity contribution is 5.95. The van der Waals surface area contributed by atoms with Gasteiger partial charge in [0.05, 0.1) is 0 Å². The van der Waals surface area contributed by atoms with Crippen molar-refractivity contribution < 1.29 is 14.3 Å². The Balaban J connectivity index is 1.02. The quantitative estimate of drug-likeness (QED) is 0.249. The van der Waals surface area contributed by atoms with Crippen LogP contribution in [0.3, 0.4) is 0 Å². The first-order valence-electron chi connectivity index (χ1n) is 16.0. The van der Waals surface area contributed by atoms with Gasteiger partial charge in [0.1, 0.15) is 6.61 Å². The van der Waals surface area contributed by atoms with Crippen LogP contribution in [-0.2, 0) is 13.2 Å². The second kappa shape index (κ2) is 14.1. The van der Waals surface area contributed by atoms with Gasteiger partial charge in [-0.2, -0.15) is 0 Å². The predicted octanol–water partition coefficient (Wildman–Crippen LogP) is 4.74. The average molecular weight is 619 g/mol. The number of anilines is 1. The molecule has 0 bridgehead atoms. The molecule has 4 N–H and O–H groups in total. The van der Waals surface area contributed by atoms with Gasteiger partial charge in [-0.3, -0.25) is 14.5 Å². The van der Waals surface area contributed by atoms with Gasteiger partial charge in [-0.05, 0) is 67.3 Å². The Hall–Kier alpha value is -4.73. The van der Waals surface area contributed by atoms with E-state index < -0.39 is 0 Å². The van der Waals surface area contributed by atoms with Crippen molar-refractivity contribution in [1.29, 1.82) is 0 Å². The van der Waals surface area contributed by atoms with Crippen molar-refractivity contribution in [2.24, 2.45) is 0 Å². The predicted molar refractivity (Wildman–Crippen MR) is 180 cm³/mol. The van der Waals surface area contributed by atoms with Crippen LogP contribution in [0.4, 0.5) is 5.82 Å². The molecular formula is C37H42N6O3. The topological polar surface area (TPSA) is 113 Å². The van der Waals surface area contributed by atoms with E-state index in [1.807, 2.05) is 65.6 Å². The van der Waals surface area contributed by atoms with Gasteiger partial charge in [0.15, 0.2) is 11.6 Å². The van der Waals surface area contributed by atoms with Crippen molar-refractivity contribution in [1.82, 2.24) is 25.4 Å².